The lowest BCUT2D eigenvalue weighted by molar-refractivity contribution is -0.133. The van der Waals surface area contributed by atoms with Crippen LogP contribution < -0.4 is 10.2 Å². The maximum atomic E-state index is 12.5. The van der Waals surface area contributed by atoms with E-state index in [1.54, 1.807) is 0 Å². The second kappa shape index (κ2) is 9.15. The number of amides is 1. The zero-order valence-corrected chi connectivity index (χ0v) is 15.4. The quantitative estimate of drug-likeness (QED) is 0.835. The standard InChI is InChI=1S/C19H31N5O/c1-20-15-17-5-4-9-24(16-17)19(25)7-10-22-11-13-23(14-12-22)18-6-2-3-8-21-18/h2-3,6,8,17,20H,4-5,7,9-16H2,1H3. The zero-order valence-electron chi connectivity index (χ0n) is 15.4. The molecule has 1 aromatic rings. The number of carbonyl (C=O) groups excluding carboxylic acids is 1. The Hall–Kier alpha value is -1.66. The summed E-state index contributed by atoms with van der Waals surface area (Å²) in [6.07, 6.45) is 4.87. The molecule has 1 unspecified atom stereocenters. The van der Waals surface area contributed by atoms with Gasteiger partial charge in [-0.05, 0) is 44.5 Å². The first-order valence-electron chi connectivity index (χ1n) is 9.57. The van der Waals surface area contributed by atoms with Crippen LogP contribution in [0, 0.1) is 5.92 Å². The van der Waals surface area contributed by atoms with Gasteiger partial charge < -0.3 is 15.1 Å². The van der Waals surface area contributed by atoms with Crippen LogP contribution in [0.4, 0.5) is 5.82 Å². The molecule has 138 valence electrons. The Balaban J connectivity index is 1.38. The van der Waals surface area contributed by atoms with Crippen LogP contribution in [0.15, 0.2) is 24.4 Å². The van der Waals surface area contributed by atoms with Crippen LogP contribution in [0.3, 0.4) is 0 Å². The molecule has 3 heterocycles. The molecule has 6 heteroatoms. The third kappa shape index (κ3) is 5.16. The van der Waals surface area contributed by atoms with Crippen LogP contribution in [0.5, 0.6) is 0 Å². The van der Waals surface area contributed by atoms with Gasteiger partial charge in [0.05, 0.1) is 0 Å². The topological polar surface area (TPSA) is 51.7 Å². The molecule has 2 aliphatic heterocycles. The lowest BCUT2D eigenvalue weighted by atomic mass is 9.98. The van der Waals surface area contributed by atoms with E-state index in [4.69, 9.17) is 0 Å². The molecule has 0 saturated carbocycles. The van der Waals surface area contributed by atoms with Crippen LogP contribution in [-0.4, -0.2) is 80.1 Å². The first kappa shape index (κ1) is 18.1. The first-order chi connectivity index (χ1) is 12.3. The highest BCUT2D eigenvalue weighted by Gasteiger charge is 2.24. The van der Waals surface area contributed by atoms with Gasteiger partial charge in [0.15, 0.2) is 0 Å². The number of carbonyl (C=O) groups is 1. The van der Waals surface area contributed by atoms with Gasteiger partial charge in [0.1, 0.15) is 5.82 Å². The van der Waals surface area contributed by atoms with E-state index in [0.717, 1.165) is 64.6 Å². The van der Waals surface area contributed by atoms with Gasteiger partial charge in [-0.3, -0.25) is 9.69 Å². The third-order valence-corrected chi connectivity index (χ3v) is 5.35. The van der Waals surface area contributed by atoms with Crippen molar-refractivity contribution in [3.8, 4) is 0 Å². The number of aromatic nitrogens is 1. The Morgan fingerprint density at radius 1 is 1.24 bits per heavy atom. The average Bonchev–Trinajstić information content (AvgIpc) is 2.68. The molecule has 2 saturated heterocycles. The van der Waals surface area contributed by atoms with Crippen molar-refractivity contribution in [3.63, 3.8) is 0 Å². The molecule has 1 aromatic heterocycles. The molecule has 0 aliphatic carbocycles. The van der Waals surface area contributed by atoms with Crippen LogP contribution in [0.1, 0.15) is 19.3 Å². The molecule has 1 atom stereocenters. The van der Waals surface area contributed by atoms with E-state index in [1.165, 1.54) is 6.42 Å². The molecular formula is C19H31N5O. The van der Waals surface area contributed by atoms with E-state index in [2.05, 4.69) is 31.1 Å². The Labute approximate surface area is 151 Å². The highest BCUT2D eigenvalue weighted by atomic mass is 16.2. The van der Waals surface area contributed by atoms with E-state index in [-0.39, 0.29) is 0 Å². The Bertz CT molecular complexity index is 528. The molecule has 0 radical (unpaired) electrons. The van der Waals surface area contributed by atoms with Crippen molar-refractivity contribution in [3.05, 3.63) is 24.4 Å². The molecule has 3 rings (SSSR count). The Morgan fingerprint density at radius 3 is 2.80 bits per heavy atom. The van der Waals surface area contributed by atoms with Crippen molar-refractivity contribution in [2.45, 2.75) is 19.3 Å². The molecule has 0 bridgehead atoms. The van der Waals surface area contributed by atoms with Gasteiger partial charge in [-0.1, -0.05) is 6.07 Å². The molecule has 2 aliphatic rings. The minimum Gasteiger partial charge on any atom is -0.354 e. The highest BCUT2D eigenvalue weighted by Crippen LogP contribution is 2.17. The largest absolute Gasteiger partial charge is 0.354 e. The smallest absolute Gasteiger partial charge is 0.223 e. The summed E-state index contributed by atoms with van der Waals surface area (Å²) in [5.41, 5.74) is 0. The SMILES string of the molecule is CNCC1CCCN(C(=O)CCN2CCN(c3ccccn3)CC2)C1. The number of nitrogens with zero attached hydrogens (tertiary/aromatic N) is 4. The average molecular weight is 345 g/mol. The van der Waals surface area contributed by atoms with Crippen molar-refractivity contribution >= 4 is 11.7 Å². The normalized spacial score (nSPS) is 22.2. The van der Waals surface area contributed by atoms with Crippen molar-refractivity contribution in [1.29, 1.82) is 0 Å². The second-order valence-electron chi connectivity index (χ2n) is 7.17. The fraction of sp³-hybridized carbons (Fsp3) is 0.684. The number of rotatable bonds is 6. The van der Waals surface area contributed by atoms with Crippen LogP contribution in [0.2, 0.25) is 0 Å². The van der Waals surface area contributed by atoms with Crippen LogP contribution >= 0.6 is 0 Å². The summed E-state index contributed by atoms with van der Waals surface area (Å²) < 4.78 is 0. The van der Waals surface area contributed by atoms with Gasteiger partial charge in [0, 0.05) is 58.4 Å². The number of likely N-dealkylation sites (tertiary alicyclic amines) is 1. The summed E-state index contributed by atoms with van der Waals surface area (Å²) in [5.74, 6) is 2.00. The third-order valence-electron chi connectivity index (χ3n) is 5.35. The van der Waals surface area contributed by atoms with E-state index in [0.29, 0.717) is 18.2 Å². The van der Waals surface area contributed by atoms with Gasteiger partial charge in [0.2, 0.25) is 5.91 Å². The first-order valence-corrected chi connectivity index (χ1v) is 9.57. The van der Waals surface area contributed by atoms with Gasteiger partial charge in [-0.2, -0.15) is 0 Å². The second-order valence-corrected chi connectivity index (χ2v) is 7.17. The molecule has 2 fully saturated rings. The Morgan fingerprint density at radius 2 is 2.08 bits per heavy atom. The molecule has 6 nitrogen and oxygen atoms in total. The molecule has 25 heavy (non-hydrogen) atoms. The van der Waals surface area contributed by atoms with E-state index in [9.17, 15) is 4.79 Å². The van der Waals surface area contributed by atoms with Gasteiger partial charge in [-0.25, -0.2) is 4.98 Å². The number of pyridine rings is 1. The van der Waals surface area contributed by atoms with Crippen LogP contribution in [-0.2, 0) is 4.79 Å². The monoisotopic (exact) mass is 345 g/mol. The summed E-state index contributed by atoms with van der Waals surface area (Å²) in [6, 6.07) is 6.05. The summed E-state index contributed by atoms with van der Waals surface area (Å²) in [7, 11) is 1.99. The maximum absolute atomic E-state index is 12.5. The summed E-state index contributed by atoms with van der Waals surface area (Å²) in [5, 5.41) is 3.24. The summed E-state index contributed by atoms with van der Waals surface area (Å²) in [4.78, 5) is 23.8. The fourth-order valence-corrected chi connectivity index (χ4v) is 3.90. The van der Waals surface area contributed by atoms with Gasteiger partial charge in [0.25, 0.3) is 0 Å². The molecule has 1 N–H and O–H groups in total. The lowest BCUT2D eigenvalue weighted by Gasteiger charge is -2.36. The minimum atomic E-state index is 0.327. The van der Waals surface area contributed by atoms with Crippen LogP contribution in [0.25, 0.3) is 0 Å². The number of piperazine rings is 1. The summed E-state index contributed by atoms with van der Waals surface area (Å²) >= 11 is 0. The van der Waals surface area contributed by atoms with Gasteiger partial charge in [-0.15, -0.1) is 0 Å². The van der Waals surface area contributed by atoms with E-state index in [1.807, 2.05) is 25.4 Å². The molecule has 1 amide bonds. The van der Waals surface area contributed by atoms with E-state index < -0.39 is 0 Å². The number of piperidine rings is 1. The number of anilines is 1. The summed E-state index contributed by atoms with van der Waals surface area (Å²) in [6.45, 7) is 7.73. The molecular weight excluding hydrogens is 314 g/mol. The predicted molar refractivity (Wildman–Crippen MR) is 101 cm³/mol. The molecule has 0 aromatic carbocycles. The van der Waals surface area contributed by atoms with Crippen molar-refractivity contribution in [1.82, 2.24) is 20.1 Å². The number of nitrogens with one attached hydrogen (secondary N) is 1. The Kier molecular flexibility index (Phi) is 6.64. The van der Waals surface area contributed by atoms with E-state index >= 15 is 0 Å². The van der Waals surface area contributed by atoms with Gasteiger partial charge >= 0.3 is 0 Å². The predicted octanol–water partition coefficient (Wildman–Crippen LogP) is 1.05. The highest BCUT2D eigenvalue weighted by molar-refractivity contribution is 5.76. The molecule has 0 spiro atoms. The van der Waals surface area contributed by atoms with Crippen molar-refractivity contribution in [2.75, 3.05) is 64.3 Å². The number of hydrogen-bond donors (Lipinski definition) is 1. The fourth-order valence-electron chi connectivity index (χ4n) is 3.90. The maximum Gasteiger partial charge on any atom is 0.223 e. The minimum absolute atomic E-state index is 0.327. The number of hydrogen-bond acceptors (Lipinski definition) is 5. The lowest BCUT2D eigenvalue weighted by Crippen LogP contribution is -2.48. The zero-order chi connectivity index (χ0) is 17.5. The van der Waals surface area contributed by atoms with Crippen molar-refractivity contribution < 1.29 is 4.79 Å². The van der Waals surface area contributed by atoms with Crippen molar-refractivity contribution in [2.24, 2.45) is 5.92 Å².